The van der Waals surface area contributed by atoms with Crippen LogP contribution in [0.15, 0.2) is 18.2 Å². The number of hydrogen-bond donors (Lipinski definition) is 1. The van der Waals surface area contributed by atoms with Crippen LogP contribution in [0.5, 0.6) is 11.5 Å². The van der Waals surface area contributed by atoms with Crippen molar-refractivity contribution in [2.45, 2.75) is 38.6 Å². The Bertz CT molecular complexity index is 513. The molecule has 1 aromatic carbocycles. The third-order valence-electron chi connectivity index (χ3n) is 4.28. The summed E-state index contributed by atoms with van der Waals surface area (Å²) in [5, 5.41) is 3.42. The maximum absolute atomic E-state index is 5.83. The van der Waals surface area contributed by atoms with Crippen LogP contribution >= 0.6 is 12.4 Å². The van der Waals surface area contributed by atoms with Gasteiger partial charge in [-0.05, 0) is 31.5 Å². The van der Waals surface area contributed by atoms with Crippen LogP contribution in [0.3, 0.4) is 0 Å². The van der Waals surface area contributed by atoms with Crippen LogP contribution in [0.25, 0.3) is 0 Å². The first-order valence-electron chi connectivity index (χ1n) is 8.07. The van der Waals surface area contributed by atoms with E-state index in [-0.39, 0.29) is 18.5 Å². The molecule has 3 rings (SSSR count). The van der Waals surface area contributed by atoms with Gasteiger partial charge < -0.3 is 19.5 Å². The zero-order valence-electron chi connectivity index (χ0n) is 14.1. The molecule has 5 nitrogen and oxygen atoms in total. The van der Waals surface area contributed by atoms with Gasteiger partial charge in [-0.1, -0.05) is 6.07 Å². The average Bonchev–Trinajstić information content (AvgIpc) is 2.98. The van der Waals surface area contributed by atoms with Gasteiger partial charge >= 0.3 is 0 Å². The fraction of sp³-hybridized carbons (Fsp3) is 0.647. The number of hydrogen-bond acceptors (Lipinski definition) is 5. The van der Waals surface area contributed by atoms with Crippen molar-refractivity contribution in [3.05, 3.63) is 23.8 Å². The molecule has 1 N–H and O–H groups in total. The van der Waals surface area contributed by atoms with Crippen molar-refractivity contribution in [1.82, 2.24) is 10.2 Å². The quantitative estimate of drug-likeness (QED) is 0.887. The van der Waals surface area contributed by atoms with Gasteiger partial charge in [0.15, 0.2) is 11.5 Å². The van der Waals surface area contributed by atoms with E-state index in [1.807, 2.05) is 19.9 Å². The van der Waals surface area contributed by atoms with E-state index in [4.69, 9.17) is 14.2 Å². The van der Waals surface area contributed by atoms with E-state index < -0.39 is 0 Å². The van der Waals surface area contributed by atoms with Crippen molar-refractivity contribution in [1.29, 1.82) is 0 Å². The number of methoxy groups -OCH3 is 1. The zero-order valence-corrected chi connectivity index (χ0v) is 14.9. The average molecular weight is 343 g/mol. The van der Waals surface area contributed by atoms with Crippen LogP contribution in [0, 0.1) is 0 Å². The molecule has 2 fully saturated rings. The van der Waals surface area contributed by atoms with Crippen LogP contribution in [-0.4, -0.2) is 56.5 Å². The Labute approximate surface area is 144 Å². The topological polar surface area (TPSA) is 43.0 Å². The number of ether oxygens (including phenoxy) is 3. The first kappa shape index (κ1) is 18.3. The van der Waals surface area contributed by atoms with Crippen molar-refractivity contribution in [2.75, 3.05) is 33.4 Å². The fourth-order valence-electron chi connectivity index (χ4n) is 3.25. The van der Waals surface area contributed by atoms with E-state index in [1.165, 1.54) is 5.56 Å². The molecule has 0 unspecified atom stereocenters. The Hall–Kier alpha value is -1.01. The number of benzene rings is 1. The molecule has 2 saturated heterocycles. The summed E-state index contributed by atoms with van der Waals surface area (Å²) in [5.41, 5.74) is 1.25. The highest BCUT2D eigenvalue weighted by atomic mass is 35.5. The molecule has 23 heavy (non-hydrogen) atoms. The molecular formula is C17H27ClN2O3. The molecule has 2 aliphatic rings. The summed E-state index contributed by atoms with van der Waals surface area (Å²) in [4.78, 5) is 2.51. The minimum atomic E-state index is 0. The zero-order chi connectivity index (χ0) is 15.5. The van der Waals surface area contributed by atoms with Crippen LogP contribution in [0.4, 0.5) is 0 Å². The van der Waals surface area contributed by atoms with Crippen molar-refractivity contribution < 1.29 is 14.2 Å². The van der Waals surface area contributed by atoms with E-state index in [1.54, 1.807) is 7.11 Å². The fourth-order valence-corrected chi connectivity index (χ4v) is 3.25. The highest BCUT2D eigenvalue weighted by Gasteiger charge is 2.35. The lowest BCUT2D eigenvalue weighted by atomic mass is 10.1. The lowest BCUT2D eigenvalue weighted by Gasteiger charge is -2.37. The summed E-state index contributed by atoms with van der Waals surface area (Å²) < 4.78 is 17.1. The van der Waals surface area contributed by atoms with E-state index in [0.29, 0.717) is 12.1 Å². The van der Waals surface area contributed by atoms with Gasteiger partial charge in [-0.15, -0.1) is 12.4 Å². The molecular weight excluding hydrogens is 316 g/mol. The van der Waals surface area contributed by atoms with Gasteiger partial charge in [-0.2, -0.15) is 0 Å². The SMILES string of the molecule is COc1cc(CN2CCO[C@H]3CNC[C@H]32)ccc1OC(C)C.Cl. The third-order valence-corrected chi connectivity index (χ3v) is 4.28. The predicted molar refractivity (Wildman–Crippen MR) is 92.8 cm³/mol. The van der Waals surface area contributed by atoms with E-state index in [9.17, 15) is 0 Å². The molecule has 1 aromatic rings. The Morgan fingerprint density at radius 2 is 2.13 bits per heavy atom. The number of rotatable bonds is 5. The van der Waals surface area contributed by atoms with Gasteiger partial charge in [0.1, 0.15) is 0 Å². The van der Waals surface area contributed by atoms with Gasteiger partial charge in [0.2, 0.25) is 0 Å². The van der Waals surface area contributed by atoms with E-state index >= 15 is 0 Å². The first-order chi connectivity index (χ1) is 10.7. The van der Waals surface area contributed by atoms with Gasteiger partial charge in [0, 0.05) is 32.2 Å². The molecule has 0 aliphatic carbocycles. The molecule has 2 aliphatic heterocycles. The molecule has 0 aromatic heterocycles. The molecule has 6 heteroatoms. The van der Waals surface area contributed by atoms with E-state index in [0.717, 1.165) is 44.3 Å². The van der Waals surface area contributed by atoms with Gasteiger partial charge in [0.25, 0.3) is 0 Å². The Morgan fingerprint density at radius 1 is 1.30 bits per heavy atom. The largest absolute Gasteiger partial charge is 0.493 e. The van der Waals surface area contributed by atoms with Crippen molar-refractivity contribution in [3.63, 3.8) is 0 Å². The second kappa shape index (κ2) is 8.20. The second-order valence-corrected chi connectivity index (χ2v) is 6.26. The van der Waals surface area contributed by atoms with Gasteiger partial charge in [0.05, 0.1) is 25.9 Å². The number of morpholine rings is 1. The van der Waals surface area contributed by atoms with Crippen molar-refractivity contribution in [2.24, 2.45) is 0 Å². The lowest BCUT2D eigenvalue weighted by molar-refractivity contribution is -0.0500. The minimum absolute atomic E-state index is 0. The van der Waals surface area contributed by atoms with Gasteiger partial charge in [-0.25, -0.2) is 0 Å². The monoisotopic (exact) mass is 342 g/mol. The predicted octanol–water partition coefficient (Wildman–Crippen LogP) is 2.08. The number of fused-ring (bicyclic) bond motifs is 1. The molecule has 2 atom stereocenters. The lowest BCUT2D eigenvalue weighted by Crippen LogP contribution is -2.50. The molecule has 0 saturated carbocycles. The summed E-state index contributed by atoms with van der Waals surface area (Å²) in [6, 6.07) is 6.71. The van der Waals surface area contributed by atoms with Crippen LogP contribution in [0.1, 0.15) is 19.4 Å². The smallest absolute Gasteiger partial charge is 0.161 e. The van der Waals surface area contributed by atoms with Crippen molar-refractivity contribution in [3.8, 4) is 11.5 Å². The summed E-state index contributed by atoms with van der Waals surface area (Å²) >= 11 is 0. The number of nitrogens with zero attached hydrogens (tertiary/aromatic N) is 1. The number of halogens is 1. The molecule has 130 valence electrons. The normalized spacial score (nSPS) is 24.2. The summed E-state index contributed by atoms with van der Waals surface area (Å²) in [6.07, 6.45) is 0.475. The molecule has 0 spiro atoms. The van der Waals surface area contributed by atoms with Crippen LogP contribution < -0.4 is 14.8 Å². The maximum atomic E-state index is 5.83. The standard InChI is InChI=1S/C17H26N2O3.ClH/c1-12(2)22-15-5-4-13(8-16(15)20-3)11-19-6-7-21-17-10-18-9-14(17)19;/h4-5,8,12,14,17-18H,6-7,9-11H2,1-3H3;1H/t14-,17+;/m1./s1. The van der Waals surface area contributed by atoms with Crippen LogP contribution in [0.2, 0.25) is 0 Å². The first-order valence-corrected chi connectivity index (χ1v) is 8.07. The highest BCUT2D eigenvalue weighted by Crippen LogP contribution is 2.30. The third kappa shape index (κ3) is 4.29. The minimum Gasteiger partial charge on any atom is -0.493 e. The Kier molecular flexibility index (Phi) is 6.53. The Morgan fingerprint density at radius 3 is 2.87 bits per heavy atom. The summed E-state index contributed by atoms with van der Waals surface area (Å²) in [7, 11) is 1.69. The van der Waals surface area contributed by atoms with Gasteiger partial charge in [-0.3, -0.25) is 4.90 Å². The Balaban J connectivity index is 0.00000192. The summed E-state index contributed by atoms with van der Waals surface area (Å²) in [5.74, 6) is 1.61. The molecule has 0 amide bonds. The molecule has 2 heterocycles. The molecule has 0 bridgehead atoms. The van der Waals surface area contributed by atoms with Crippen LogP contribution in [-0.2, 0) is 11.3 Å². The highest BCUT2D eigenvalue weighted by molar-refractivity contribution is 5.85. The molecule has 0 radical (unpaired) electrons. The van der Waals surface area contributed by atoms with Crippen molar-refractivity contribution >= 4 is 12.4 Å². The number of nitrogens with one attached hydrogen (secondary N) is 1. The van der Waals surface area contributed by atoms with E-state index in [2.05, 4.69) is 22.3 Å². The second-order valence-electron chi connectivity index (χ2n) is 6.26. The summed E-state index contributed by atoms with van der Waals surface area (Å²) in [6.45, 7) is 8.74. The maximum Gasteiger partial charge on any atom is 0.161 e.